The second kappa shape index (κ2) is 6.33. The number of nitrogens with one attached hydrogen (secondary N) is 1. The fourth-order valence-electron chi connectivity index (χ4n) is 3.64. The standard InChI is InChI=1S/C21H21N3O2/c1-14-17(7-4-8-18(14)24-12-5-10-20(24)25)22-21(26)16-6-3-9-19-15(16)11-13-23(19)2/h3-4,6-9,11,13H,5,10,12H2,1-2H3,(H,22,26). The van der Waals surface area contributed by atoms with Gasteiger partial charge in [0.05, 0.1) is 0 Å². The van der Waals surface area contributed by atoms with Crippen LogP contribution in [0, 0.1) is 6.92 Å². The van der Waals surface area contributed by atoms with Gasteiger partial charge in [-0.15, -0.1) is 0 Å². The minimum absolute atomic E-state index is 0.144. The van der Waals surface area contributed by atoms with Gasteiger partial charge in [-0.25, -0.2) is 0 Å². The van der Waals surface area contributed by atoms with Crippen molar-refractivity contribution in [3.8, 4) is 0 Å². The van der Waals surface area contributed by atoms with Gasteiger partial charge in [0, 0.05) is 54.1 Å². The van der Waals surface area contributed by atoms with Gasteiger partial charge in [0.1, 0.15) is 0 Å². The van der Waals surface area contributed by atoms with Crippen molar-refractivity contribution in [2.75, 3.05) is 16.8 Å². The van der Waals surface area contributed by atoms with Crippen molar-refractivity contribution in [2.24, 2.45) is 7.05 Å². The van der Waals surface area contributed by atoms with Crippen LogP contribution in [-0.4, -0.2) is 22.9 Å². The van der Waals surface area contributed by atoms with Crippen LogP contribution in [0.5, 0.6) is 0 Å². The number of aromatic nitrogens is 1. The Balaban J connectivity index is 1.67. The summed E-state index contributed by atoms with van der Waals surface area (Å²) in [5.74, 6) is 0.000397. The number of fused-ring (bicyclic) bond motifs is 1. The van der Waals surface area contributed by atoms with E-state index in [4.69, 9.17) is 0 Å². The van der Waals surface area contributed by atoms with Gasteiger partial charge >= 0.3 is 0 Å². The predicted octanol–water partition coefficient (Wildman–Crippen LogP) is 3.87. The molecule has 0 unspecified atom stereocenters. The number of amides is 2. The molecule has 1 N–H and O–H groups in total. The maximum Gasteiger partial charge on any atom is 0.256 e. The van der Waals surface area contributed by atoms with E-state index >= 15 is 0 Å². The third-order valence-corrected chi connectivity index (χ3v) is 5.09. The highest BCUT2D eigenvalue weighted by Crippen LogP contribution is 2.30. The van der Waals surface area contributed by atoms with E-state index in [1.807, 2.05) is 72.1 Å². The topological polar surface area (TPSA) is 54.3 Å². The molecule has 0 spiro atoms. The van der Waals surface area contributed by atoms with Gasteiger partial charge in [-0.1, -0.05) is 12.1 Å². The number of carbonyl (C=O) groups excluding carboxylic acids is 2. The molecule has 26 heavy (non-hydrogen) atoms. The summed E-state index contributed by atoms with van der Waals surface area (Å²) in [5, 5.41) is 3.95. The summed E-state index contributed by atoms with van der Waals surface area (Å²) in [5.41, 5.74) is 4.19. The lowest BCUT2D eigenvalue weighted by molar-refractivity contribution is -0.117. The Kier molecular flexibility index (Phi) is 3.99. The zero-order valence-electron chi connectivity index (χ0n) is 15.0. The van der Waals surface area contributed by atoms with E-state index < -0.39 is 0 Å². The molecule has 5 nitrogen and oxygen atoms in total. The fraction of sp³-hybridized carbons (Fsp3) is 0.238. The van der Waals surface area contributed by atoms with Crippen molar-refractivity contribution in [2.45, 2.75) is 19.8 Å². The lowest BCUT2D eigenvalue weighted by atomic mass is 10.1. The van der Waals surface area contributed by atoms with Crippen LogP contribution < -0.4 is 10.2 Å². The van der Waals surface area contributed by atoms with Gasteiger partial charge in [0.25, 0.3) is 5.91 Å². The molecule has 5 heteroatoms. The highest BCUT2D eigenvalue weighted by molar-refractivity contribution is 6.13. The molecule has 1 aliphatic rings. The Morgan fingerprint density at radius 2 is 1.92 bits per heavy atom. The van der Waals surface area contributed by atoms with Crippen molar-refractivity contribution < 1.29 is 9.59 Å². The monoisotopic (exact) mass is 347 g/mol. The van der Waals surface area contributed by atoms with E-state index in [2.05, 4.69) is 5.32 Å². The molecule has 2 heterocycles. The van der Waals surface area contributed by atoms with Crippen LogP contribution in [0.25, 0.3) is 10.9 Å². The molecule has 0 bridgehead atoms. The third kappa shape index (κ3) is 2.65. The second-order valence-corrected chi connectivity index (χ2v) is 6.72. The Hall–Kier alpha value is -3.08. The minimum atomic E-state index is -0.144. The summed E-state index contributed by atoms with van der Waals surface area (Å²) >= 11 is 0. The number of anilines is 2. The molecule has 0 saturated carbocycles. The number of hydrogen-bond donors (Lipinski definition) is 1. The molecular weight excluding hydrogens is 326 g/mol. The lowest BCUT2D eigenvalue weighted by Crippen LogP contribution is -2.25. The Bertz CT molecular complexity index is 1020. The molecule has 1 fully saturated rings. The second-order valence-electron chi connectivity index (χ2n) is 6.72. The van der Waals surface area contributed by atoms with Crippen molar-refractivity contribution in [1.29, 1.82) is 0 Å². The van der Waals surface area contributed by atoms with E-state index in [0.717, 1.165) is 40.8 Å². The van der Waals surface area contributed by atoms with Gasteiger partial charge in [0.2, 0.25) is 5.91 Å². The molecule has 1 aliphatic heterocycles. The first kappa shape index (κ1) is 16.4. The molecule has 2 amide bonds. The van der Waals surface area contributed by atoms with Crippen LogP contribution in [0.4, 0.5) is 11.4 Å². The number of rotatable bonds is 3. The fourth-order valence-corrected chi connectivity index (χ4v) is 3.64. The van der Waals surface area contributed by atoms with Crippen LogP contribution in [0.1, 0.15) is 28.8 Å². The molecule has 1 saturated heterocycles. The van der Waals surface area contributed by atoms with Crippen LogP contribution in [-0.2, 0) is 11.8 Å². The summed E-state index contributed by atoms with van der Waals surface area (Å²) in [6.45, 7) is 2.68. The van der Waals surface area contributed by atoms with Gasteiger partial charge in [-0.05, 0) is 49.2 Å². The molecule has 0 radical (unpaired) electrons. The number of benzene rings is 2. The van der Waals surface area contributed by atoms with Crippen LogP contribution in [0.2, 0.25) is 0 Å². The van der Waals surface area contributed by atoms with Crippen LogP contribution in [0.15, 0.2) is 48.7 Å². The first-order valence-electron chi connectivity index (χ1n) is 8.81. The third-order valence-electron chi connectivity index (χ3n) is 5.09. The molecule has 1 aromatic heterocycles. The maximum absolute atomic E-state index is 12.9. The average molecular weight is 347 g/mol. The maximum atomic E-state index is 12.9. The Morgan fingerprint density at radius 3 is 2.69 bits per heavy atom. The van der Waals surface area contributed by atoms with E-state index in [1.165, 1.54) is 0 Å². The molecule has 4 rings (SSSR count). The van der Waals surface area contributed by atoms with Gasteiger partial charge in [-0.3, -0.25) is 9.59 Å². The number of aryl methyl sites for hydroxylation is 1. The zero-order valence-corrected chi connectivity index (χ0v) is 15.0. The zero-order chi connectivity index (χ0) is 18.3. The van der Waals surface area contributed by atoms with Gasteiger partial charge < -0.3 is 14.8 Å². The van der Waals surface area contributed by atoms with E-state index in [0.29, 0.717) is 12.0 Å². The van der Waals surface area contributed by atoms with Crippen molar-refractivity contribution in [1.82, 2.24) is 4.57 Å². The quantitative estimate of drug-likeness (QED) is 0.782. The van der Waals surface area contributed by atoms with E-state index in [1.54, 1.807) is 0 Å². The molecule has 3 aromatic rings. The van der Waals surface area contributed by atoms with Crippen molar-refractivity contribution in [3.05, 3.63) is 59.8 Å². The summed E-state index contributed by atoms with van der Waals surface area (Å²) in [6.07, 6.45) is 3.42. The molecule has 132 valence electrons. The Labute approximate surface area is 152 Å². The first-order chi connectivity index (χ1) is 12.6. The SMILES string of the molecule is Cc1c(NC(=O)c2cccc3c2ccn3C)cccc1N1CCCC1=O. The van der Waals surface area contributed by atoms with E-state index in [-0.39, 0.29) is 11.8 Å². The van der Waals surface area contributed by atoms with Gasteiger partial charge in [0.15, 0.2) is 0 Å². The van der Waals surface area contributed by atoms with Crippen molar-refractivity contribution in [3.63, 3.8) is 0 Å². The van der Waals surface area contributed by atoms with Crippen LogP contribution >= 0.6 is 0 Å². The number of carbonyl (C=O) groups is 2. The minimum Gasteiger partial charge on any atom is -0.351 e. The average Bonchev–Trinajstić information content (AvgIpc) is 3.23. The summed E-state index contributed by atoms with van der Waals surface area (Å²) in [7, 11) is 1.96. The largest absolute Gasteiger partial charge is 0.351 e. The molecular formula is C21H21N3O2. The van der Waals surface area contributed by atoms with Crippen molar-refractivity contribution >= 4 is 34.1 Å². The van der Waals surface area contributed by atoms with E-state index in [9.17, 15) is 9.59 Å². The lowest BCUT2D eigenvalue weighted by Gasteiger charge is -2.20. The summed E-state index contributed by atoms with van der Waals surface area (Å²) < 4.78 is 2.00. The number of nitrogens with zero attached hydrogens (tertiary/aromatic N) is 2. The molecule has 0 aliphatic carbocycles. The summed E-state index contributed by atoms with van der Waals surface area (Å²) in [6, 6.07) is 13.4. The summed E-state index contributed by atoms with van der Waals surface area (Å²) in [4.78, 5) is 26.8. The molecule has 2 aromatic carbocycles. The Morgan fingerprint density at radius 1 is 1.12 bits per heavy atom. The van der Waals surface area contributed by atoms with Crippen LogP contribution in [0.3, 0.4) is 0 Å². The number of hydrogen-bond acceptors (Lipinski definition) is 2. The first-order valence-corrected chi connectivity index (χ1v) is 8.81. The van der Waals surface area contributed by atoms with Gasteiger partial charge in [-0.2, -0.15) is 0 Å². The highest BCUT2D eigenvalue weighted by Gasteiger charge is 2.24. The highest BCUT2D eigenvalue weighted by atomic mass is 16.2. The normalized spacial score (nSPS) is 14.2. The molecule has 0 atom stereocenters. The smallest absolute Gasteiger partial charge is 0.256 e. The predicted molar refractivity (Wildman–Crippen MR) is 104 cm³/mol.